The molecule has 0 aliphatic heterocycles. The van der Waals surface area contributed by atoms with Gasteiger partial charge in [0.1, 0.15) is 0 Å². The zero-order valence-corrected chi connectivity index (χ0v) is 13.0. The number of anilines is 5. The smallest absolute Gasteiger partial charge is 0.233 e. The van der Waals surface area contributed by atoms with Gasteiger partial charge in [0.25, 0.3) is 0 Å². The Bertz CT molecular complexity index is 765. The number of hydrogen-bond acceptors (Lipinski definition) is 6. The quantitative estimate of drug-likeness (QED) is 0.683. The average Bonchev–Trinajstić information content (AvgIpc) is 2.51. The minimum atomic E-state index is 0.159. The predicted molar refractivity (Wildman–Crippen MR) is 93.2 cm³/mol. The van der Waals surface area contributed by atoms with Gasteiger partial charge in [-0.2, -0.15) is 15.0 Å². The molecule has 0 fully saturated rings. The van der Waals surface area contributed by atoms with Crippen molar-refractivity contribution in [2.75, 3.05) is 16.4 Å². The van der Waals surface area contributed by atoms with E-state index in [4.69, 9.17) is 5.73 Å². The Morgan fingerprint density at radius 1 is 0.696 bits per heavy atom. The van der Waals surface area contributed by atoms with Crippen LogP contribution in [0.3, 0.4) is 0 Å². The first-order valence-corrected chi connectivity index (χ1v) is 7.29. The summed E-state index contributed by atoms with van der Waals surface area (Å²) in [6.07, 6.45) is 0. The Morgan fingerprint density at radius 2 is 1.13 bits per heavy atom. The molecule has 6 heteroatoms. The van der Waals surface area contributed by atoms with Gasteiger partial charge < -0.3 is 16.4 Å². The van der Waals surface area contributed by atoms with Gasteiger partial charge in [-0.05, 0) is 37.1 Å². The molecule has 1 heterocycles. The molecule has 0 amide bonds. The fourth-order valence-corrected chi connectivity index (χ4v) is 2.17. The van der Waals surface area contributed by atoms with Crippen molar-refractivity contribution in [1.29, 1.82) is 0 Å². The maximum atomic E-state index is 5.80. The summed E-state index contributed by atoms with van der Waals surface area (Å²) in [5, 5.41) is 6.34. The lowest BCUT2D eigenvalue weighted by Crippen LogP contribution is -2.07. The largest absolute Gasteiger partial charge is 0.368 e. The van der Waals surface area contributed by atoms with Crippen molar-refractivity contribution in [3.05, 3.63) is 59.7 Å². The number of nitrogens with two attached hydrogens (primary N) is 1. The topological polar surface area (TPSA) is 88.8 Å². The normalized spacial score (nSPS) is 10.3. The third kappa shape index (κ3) is 3.55. The van der Waals surface area contributed by atoms with E-state index >= 15 is 0 Å². The summed E-state index contributed by atoms with van der Waals surface area (Å²) in [6, 6.07) is 15.8. The molecule has 0 saturated carbocycles. The van der Waals surface area contributed by atoms with Gasteiger partial charge in [0.05, 0.1) is 0 Å². The molecule has 0 aliphatic carbocycles. The molecular formula is C17H18N6. The molecule has 1 aromatic heterocycles. The van der Waals surface area contributed by atoms with E-state index in [1.807, 2.05) is 62.4 Å². The summed E-state index contributed by atoms with van der Waals surface area (Å²) in [4.78, 5) is 12.7. The summed E-state index contributed by atoms with van der Waals surface area (Å²) in [5.74, 6) is 0.970. The van der Waals surface area contributed by atoms with E-state index in [-0.39, 0.29) is 5.95 Å². The number of hydrogen-bond donors (Lipinski definition) is 3. The van der Waals surface area contributed by atoms with Crippen molar-refractivity contribution in [3.8, 4) is 0 Å². The molecule has 0 atom stereocenters. The summed E-state index contributed by atoms with van der Waals surface area (Å²) in [7, 11) is 0. The highest BCUT2D eigenvalue weighted by Crippen LogP contribution is 2.21. The van der Waals surface area contributed by atoms with Gasteiger partial charge in [-0.3, -0.25) is 0 Å². The fourth-order valence-electron chi connectivity index (χ4n) is 2.17. The van der Waals surface area contributed by atoms with Crippen LogP contribution >= 0.6 is 0 Å². The van der Waals surface area contributed by atoms with Gasteiger partial charge in [0.15, 0.2) is 0 Å². The van der Waals surface area contributed by atoms with Crippen LogP contribution < -0.4 is 16.4 Å². The van der Waals surface area contributed by atoms with E-state index in [1.54, 1.807) is 0 Å². The molecule has 3 aromatic rings. The van der Waals surface area contributed by atoms with Crippen LogP contribution in [0, 0.1) is 13.8 Å². The highest BCUT2D eigenvalue weighted by molar-refractivity contribution is 5.62. The SMILES string of the molecule is Cc1ccccc1Nc1nc(N)nc(Nc2ccccc2C)n1. The molecule has 0 radical (unpaired) electrons. The lowest BCUT2D eigenvalue weighted by molar-refractivity contribution is 1.07. The van der Waals surface area contributed by atoms with Gasteiger partial charge >= 0.3 is 0 Å². The first-order chi connectivity index (χ1) is 11.1. The van der Waals surface area contributed by atoms with Crippen molar-refractivity contribution in [2.24, 2.45) is 0 Å². The molecule has 6 nitrogen and oxygen atoms in total. The van der Waals surface area contributed by atoms with Crippen LogP contribution in [0.2, 0.25) is 0 Å². The van der Waals surface area contributed by atoms with Gasteiger partial charge in [0, 0.05) is 11.4 Å². The summed E-state index contributed by atoms with van der Waals surface area (Å²) >= 11 is 0. The Hall–Kier alpha value is -3.15. The first kappa shape index (κ1) is 14.8. The monoisotopic (exact) mass is 306 g/mol. The molecular weight excluding hydrogens is 288 g/mol. The maximum Gasteiger partial charge on any atom is 0.233 e. The van der Waals surface area contributed by atoms with Crippen LogP contribution in [-0.4, -0.2) is 15.0 Å². The summed E-state index contributed by atoms with van der Waals surface area (Å²) in [5.41, 5.74) is 9.86. The first-order valence-electron chi connectivity index (χ1n) is 7.29. The molecule has 116 valence electrons. The van der Waals surface area contributed by atoms with Gasteiger partial charge in [0.2, 0.25) is 17.8 Å². The van der Waals surface area contributed by atoms with Crippen LogP contribution in [0.5, 0.6) is 0 Å². The molecule has 2 aromatic carbocycles. The van der Waals surface area contributed by atoms with Gasteiger partial charge in [-0.1, -0.05) is 36.4 Å². The molecule has 4 N–H and O–H groups in total. The number of rotatable bonds is 4. The minimum Gasteiger partial charge on any atom is -0.368 e. The maximum absolute atomic E-state index is 5.80. The van der Waals surface area contributed by atoms with E-state index in [1.165, 1.54) is 0 Å². The van der Waals surface area contributed by atoms with Crippen molar-refractivity contribution in [1.82, 2.24) is 15.0 Å². The Morgan fingerprint density at radius 3 is 1.57 bits per heavy atom. The lowest BCUT2D eigenvalue weighted by Gasteiger charge is -2.11. The number of nitrogen functional groups attached to an aromatic ring is 1. The van der Waals surface area contributed by atoms with Crippen LogP contribution in [0.25, 0.3) is 0 Å². The second-order valence-electron chi connectivity index (χ2n) is 5.22. The average molecular weight is 306 g/mol. The molecule has 0 aliphatic rings. The highest BCUT2D eigenvalue weighted by atomic mass is 15.2. The van der Waals surface area contributed by atoms with E-state index < -0.39 is 0 Å². The van der Waals surface area contributed by atoms with E-state index in [9.17, 15) is 0 Å². The minimum absolute atomic E-state index is 0.159. The highest BCUT2D eigenvalue weighted by Gasteiger charge is 2.07. The molecule has 23 heavy (non-hydrogen) atoms. The number of aromatic nitrogens is 3. The number of benzene rings is 2. The zero-order chi connectivity index (χ0) is 16.2. The van der Waals surface area contributed by atoms with Crippen molar-refractivity contribution < 1.29 is 0 Å². The Labute approximate surface area is 134 Å². The zero-order valence-electron chi connectivity index (χ0n) is 13.0. The molecule has 0 unspecified atom stereocenters. The molecule has 0 saturated heterocycles. The van der Waals surface area contributed by atoms with Gasteiger partial charge in [-0.15, -0.1) is 0 Å². The predicted octanol–water partition coefficient (Wildman–Crippen LogP) is 3.56. The fraction of sp³-hybridized carbons (Fsp3) is 0.118. The number of nitrogens with zero attached hydrogens (tertiary/aromatic N) is 3. The van der Waals surface area contributed by atoms with Crippen LogP contribution in [0.4, 0.5) is 29.2 Å². The van der Waals surface area contributed by atoms with Crippen LogP contribution in [0.1, 0.15) is 11.1 Å². The van der Waals surface area contributed by atoms with Crippen LogP contribution in [0.15, 0.2) is 48.5 Å². The van der Waals surface area contributed by atoms with Crippen molar-refractivity contribution >= 4 is 29.2 Å². The standard InChI is InChI=1S/C17H18N6/c1-11-7-3-5-9-13(11)19-16-21-15(18)22-17(23-16)20-14-10-6-4-8-12(14)2/h3-10H,1-2H3,(H4,18,19,20,21,22,23). The Balaban J connectivity index is 1.88. The van der Waals surface area contributed by atoms with E-state index in [0.29, 0.717) is 11.9 Å². The van der Waals surface area contributed by atoms with E-state index in [2.05, 4.69) is 25.6 Å². The van der Waals surface area contributed by atoms with Crippen molar-refractivity contribution in [2.45, 2.75) is 13.8 Å². The second kappa shape index (κ2) is 6.31. The molecule has 0 spiro atoms. The number of aryl methyl sites for hydroxylation is 2. The van der Waals surface area contributed by atoms with Crippen LogP contribution in [-0.2, 0) is 0 Å². The number of para-hydroxylation sites is 2. The van der Waals surface area contributed by atoms with Crippen molar-refractivity contribution in [3.63, 3.8) is 0 Å². The second-order valence-corrected chi connectivity index (χ2v) is 5.22. The lowest BCUT2D eigenvalue weighted by atomic mass is 10.2. The van der Waals surface area contributed by atoms with Gasteiger partial charge in [-0.25, -0.2) is 0 Å². The third-order valence-electron chi connectivity index (χ3n) is 3.44. The summed E-state index contributed by atoms with van der Waals surface area (Å²) in [6.45, 7) is 4.03. The Kier molecular flexibility index (Phi) is 4.05. The molecule has 3 rings (SSSR count). The summed E-state index contributed by atoms with van der Waals surface area (Å²) < 4.78 is 0. The third-order valence-corrected chi connectivity index (χ3v) is 3.44. The molecule has 0 bridgehead atoms. The van der Waals surface area contributed by atoms with E-state index in [0.717, 1.165) is 22.5 Å². The number of nitrogens with one attached hydrogen (secondary N) is 2.